The zero-order valence-electron chi connectivity index (χ0n) is 12.0. The van der Waals surface area contributed by atoms with Gasteiger partial charge in [0.1, 0.15) is 12.4 Å². The molecule has 0 atom stereocenters. The molecule has 110 valence electrons. The van der Waals surface area contributed by atoms with E-state index < -0.39 is 0 Å². The maximum Gasteiger partial charge on any atom is 0.124 e. The maximum atomic E-state index is 13.4. The Hall–Kier alpha value is -1.67. The van der Waals surface area contributed by atoms with Crippen LogP contribution in [0.3, 0.4) is 0 Å². The molecule has 2 nitrogen and oxygen atoms in total. The Morgan fingerprint density at radius 1 is 1.29 bits per heavy atom. The number of halogens is 1. The molecule has 0 amide bonds. The number of rotatable bonds is 5. The van der Waals surface area contributed by atoms with E-state index in [2.05, 4.69) is 35.1 Å². The number of thiophene rings is 1. The van der Waals surface area contributed by atoms with Crippen molar-refractivity contribution in [1.29, 1.82) is 0 Å². The van der Waals surface area contributed by atoms with Gasteiger partial charge >= 0.3 is 0 Å². The highest BCUT2D eigenvalue weighted by molar-refractivity contribution is 7.09. The Morgan fingerprint density at radius 3 is 2.81 bits per heavy atom. The van der Waals surface area contributed by atoms with Gasteiger partial charge in [0.15, 0.2) is 0 Å². The highest BCUT2D eigenvalue weighted by Gasteiger charge is 2.09. The van der Waals surface area contributed by atoms with Crippen LogP contribution in [0.5, 0.6) is 0 Å². The summed E-state index contributed by atoms with van der Waals surface area (Å²) in [7, 11) is 0. The first-order valence-corrected chi connectivity index (χ1v) is 7.73. The van der Waals surface area contributed by atoms with E-state index in [4.69, 9.17) is 5.11 Å². The average Bonchev–Trinajstić information content (AvgIpc) is 2.99. The SMILES string of the molecule is CCN(Cc1cccs1)Cc1ccc(F)cc1C#CCO. The Morgan fingerprint density at radius 2 is 2.14 bits per heavy atom. The monoisotopic (exact) mass is 303 g/mol. The third kappa shape index (κ3) is 4.68. The van der Waals surface area contributed by atoms with Gasteiger partial charge in [0.05, 0.1) is 0 Å². The van der Waals surface area contributed by atoms with Crippen molar-refractivity contribution in [3.05, 3.63) is 57.5 Å². The van der Waals surface area contributed by atoms with Crippen LogP contribution in [-0.2, 0) is 13.1 Å². The van der Waals surface area contributed by atoms with Crippen LogP contribution in [-0.4, -0.2) is 23.2 Å². The molecule has 1 heterocycles. The molecule has 0 unspecified atom stereocenters. The number of nitrogens with zero attached hydrogens (tertiary/aromatic N) is 1. The lowest BCUT2D eigenvalue weighted by molar-refractivity contribution is 0.273. The molecule has 4 heteroatoms. The van der Waals surface area contributed by atoms with Crippen molar-refractivity contribution < 1.29 is 9.50 Å². The minimum atomic E-state index is -0.303. The fourth-order valence-corrected chi connectivity index (χ4v) is 2.83. The number of aliphatic hydroxyl groups excluding tert-OH is 1. The molecule has 21 heavy (non-hydrogen) atoms. The lowest BCUT2D eigenvalue weighted by atomic mass is 10.1. The third-order valence-electron chi connectivity index (χ3n) is 3.17. The summed E-state index contributed by atoms with van der Waals surface area (Å²) < 4.78 is 13.4. The molecule has 1 N–H and O–H groups in total. The van der Waals surface area contributed by atoms with Gasteiger partial charge in [0.25, 0.3) is 0 Å². The first kappa shape index (κ1) is 15.7. The van der Waals surface area contributed by atoms with E-state index in [1.165, 1.54) is 17.0 Å². The predicted octanol–water partition coefficient (Wildman–Crippen LogP) is 3.25. The summed E-state index contributed by atoms with van der Waals surface area (Å²) >= 11 is 1.74. The van der Waals surface area contributed by atoms with Gasteiger partial charge in [-0.3, -0.25) is 4.90 Å². The second-order valence-electron chi connectivity index (χ2n) is 4.64. The van der Waals surface area contributed by atoms with Crippen LogP contribution in [0.2, 0.25) is 0 Å². The second kappa shape index (κ2) is 7.94. The van der Waals surface area contributed by atoms with Crippen molar-refractivity contribution in [1.82, 2.24) is 4.90 Å². The number of hydrogen-bond acceptors (Lipinski definition) is 3. The Kier molecular flexibility index (Phi) is 5.94. The minimum Gasteiger partial charge on any atom is -0.384 e. The molecule has 0 bridgehead atoms. The highest BCUT2D eigenvalue weighted by Crippen LogP contribution is 2.17. The molecular formula is C17H18FNOS. The zero-order chi connectivity index (χ0) is 15.1. The molecule has 0 aliphatic carbocycles. The molecule has 0 fully saturated rings. The smallest absolute Gasteiger partial charge is 0.124 e. The van der Waals surface area contributed by atoms with Crippen molar-refractivity contribution in [3.63, 3.8) is 0 Å². The van der Waals surface area contributed by atoms with Crippen molar-refractivity contribution >= 4 is 11.3 Å². The summed E-state index contributed by atoms with van der Waals surface area (Å²) in [6.07, 6.45) is 0. The van der Waals surface area contributed by atoms with Gasteiger partial charge in [-0.1, -0.05) is 30.9 Å². The van der Waals surface area contributed by atoms with E-state index in [0.717, 1.165) is 18.7 Å². The van der Waals surface area contributed by atoms with Crippen LogP contribution in [0.15, 0.2) is 35.7 Å². The maximum absolute atomic E-state index is 13.4. The van der Waals surface area contributed by atoms with E-state index in [9.17, 15) is 4.39 Å². The van der Waals surface area contributed by atoms with Crippen LogP contribution in [0.25, 0.3) is 0 Å². The van der Waals surface area contributed by atoms with Crippen LogP contribution in [0.1, 0.15) is 22.9 Å². The van der Waals surface area contributed by atoms with E-state index in [-0.39, 0.29) is 12.4 Å². The van der Waals surface area contributed by atoms with E-state index >= 15 is 0 Å². The van der Waals surface area contributed by atoms with E-state index in [0.29, 0.717) is 12.1 Å². The summed E-state index contributed by atoms with van der Waals surface area (Å²) in [6, 6.07) is 8.82. The molecular weight excluding hydrogens is 285 g/mol. The first-order chi connectivity index (χ1) is 10.2. The van der Waals surface area contributed by atoms with Gasteiger partial charge in [-0.15, -0.1) is 11.3 Å². The molecule has 0 saturated carbocycles. The van der Waals surface area contributed by atoms with Gasteiger partial charge in [0.2, 0.25) is 0 Å². The molecule has 0 aliphatic rings. The lowest BCUT2D eigenvalue weighted by Crippen LogP contribution is -2.22. The minimum absolute atomic E-state index is 0.220. The van der Waals surface area contributed by atoms with Crippen LogP contribution in [0, 0.1) is 17.7 Å². The zero-order valence-corrected chi connectivity index (χ0v) is 12.8. The van der Waals surface area contributed by atoms with Crippen LogP contribution >= 0.6 is 11.3 Å². The largest absolute Gasteiger partial charge is 0.384 e. The Bertz CT molecular complexity index is 628. The summed E-state index contributed by atoms with van der Waals surface area (Å²) in [4.78, 5) is 3.59. The molecule has 1 aromatic heterocycles. The molecule has 0 radical (unpaired) electrons. The van der Waals surface area contributed by atoms with Gasteiger partial charge in [0, 0.05) is 23.5 Å². The second-order valence-corrected chi connectivity index (χ2v) is 5.68. The molecule has 0 spiro atoms. The number of hydrogen-bond donors (Lipinski definition) is 1. The van der Waals surface area contributed by atoms with E-state index in [1.807, 2.05) is 6.07 Å². The van der Waals surface area contributed by atoms with Crippen LogP contribution in [0.4, 0.5) is 4.39 Å². The summed E-state index contributed by atoms with van der Waals surface area (Å²) in [5, 5.41) is 10.9. The number of aliphatic hydroxyl groups is 1. The van der Waals surface area contributed by atoms with Crippen LogP contribution < -0.4 is 0 Å². The van der Waals surface area contributed by atoms with Gasteiger partial charge in [-0.2, -0.15) is 0 Å². The standard InChI is InChI=1S/C17H18FNOS/c1-2-19(13-17-6-4-10-21-17)12-15-7-8-16(18)11-14(15)5-3-9-20/h4,6-8,10-11,20H,2,9,12-13H2,1H3. The normalized spacial score (nSPS) is 10.5. The van der Waals surface area contributed by atoms with Crippen molar-refractivity contribution in [2.45, 2.75) is 20.0 Å². The summed E-state index contributed by atoms with van der Waals surface area (Å²) in [5.74, 6) is 5.12. The first-order valence-electron chi connectivity index (χ1n) is 6.85. The summed E-state index contributed by atoms with van der Waals surface area (Å²) in [6.45, 7) is 4.38. The number of benzene rings is 1. The molecule has 2 aromatic rings. The summed E-state index contributed by atoms with van der Waals surface area (Å²) in [5.41, 5.74) is 1.63. The quantitative estimate of drug-likeness (QED) is 0.857. The predicted molar refractivity (Wildman–Crippen MR) is 84.5 cm³/mol. The molecule has 2 rings (SSSR count). The highest BCUT2D eigenvalue weighted by atomic mass is 32.1. The Balaban J connectivity index is 2.16. The van der Waals surface area contributed by atoms with Crippen molar-refractivity contribution in [2.24, 2.45) is 0 Å². The van der Waals surface area contributed by atoms with Gasteiger partial charge in [-0.05, 0) is 35.7 Å². The van der Waals surface area contributed by atoms with Crippen molar-refractivity contribution in [2.75, 3.05) is 13.2 Å². The fraction of sp³-hybridized carbons (Fsp3) is 0.294. The Labute approximate surface area is 128 Å². The molecule has 0 saturated heterocycles. The average molecular weight is 303 g/mol. The topological polar surface area (TPSA) is 23.5 Å². The lowest BCUT2D eigenvalue weighted by Gasteiger charge is -2.20. The van der Waals surface area contributed by atoms with E-state index in [1.54, 1.807) is 17.4 Å². The third-order valence-corrected chi connectivity index (χ3v) is 4.04. The molecule has 0 aliphatic heterocycles. The fourth-order valence-electron chi connectivity index (χ4n) is 2.08. The molecule has 1 aromatic carbocycles. The van der Waals surface area contributed by atoms with Crippen molar-refractivity contribution in [3.8, 4) is 11.8 Å². The van der Waals surface area contributed by atoms with Gasteiger partial charge < -0.3 is 5.11 Å². The van der Waals surface area contributed by atoms with Gasteiger partial charge in [-0.25, -0.2) is 4.39 Å².